The van der Waals surface area contributed by atoms with Crippen molar-refractivity contribution in [2.45, 2.75) is 33.1 Å². The molecule has 16 heavy (non-hydrogen) atoms. The molecule has 0 aromatic heterocycles. The Morgan fingerprint density at radius 1 is 1.38 bits per heavy atom. The first-order valence-corrected chi connectivity index (χ1v) is 5.90. The lowest BCUT2D eigenvalue weighted by molar-refractivity contribution is 0.0992. The Labute approximate surface area is 98.1 Å². The maximum atomic E-state index is 12.0. The summed E-state index contributed by atoms with van der Waals surface area (Å²) in [7, 11) is 1.80. The minimum Gasteiger partial charge on any atom is -0.313 e. The van der Waals surface area contributed by atoms with Crippen LogP contribution >= 0.6 is 0 Å². The molecule has 1 N–H and O–H groups in total. The zero-order valence-corrected chi connectivity index (χ0v) is 10.6. The van der Waals surface area contributed by atoms with Gasteiger partial charge in [0.25, 0.3) is 0 Å². The molecule has 2 heteroatoms. The molecule has 0 atom stereocenters. The molecule has 2 nitrogen and oxygen atoms in total. The first kappa shape index (κ1) is 12.9. The Morgan fingerprint density at radius 3 is 2.56 bits per heavy atom. The van der Waals surface area contributed by atoms with Crippen molar-refractivity contribution in [2.24, 2.45) is 0 Å². The van der Waals surface area contributed by atoms with E-state index in [9.17, 15) is 4.79 Å². The molecular weight excluding hydrogens is 198 g/mol. The van der Waals surface area contributed by atoms with Gasteiger partial charge in [-0.05, 0) is 36.6 Å². The van der Waals surface area contributed by atoms with Crippen molar-refractivity contribution < 1.29 is 4.79 Å². The van der Waals surface area contributed by atoms with Crippen LogP contribution in [-0.2, 0) is 6.42 Å². The quantitative estimate of drug-likeness (QED) is 0.771. The van der Waals surface area contributed by atoms with Crippen LogP contribution < -0.4 is 5.32 Å². The Hall–Kier alpha value is -1.15. The highest BCUT2D eigenvalue weighted by atomic mass is 16.1. The first-order chi connectivity index (χ1) is 7.60. The lowest BCUT2D eigenvalue weighted by atomic mass is 9.92. The van der Waals surface area contributed by atoms with E-state index < -0.39 is 0 Å². The minimum absolute atomic E-state index is 0.182. The molecule has 0 heterocycles. The van der Waals surface area contributed by atoms with Gasteiger partial charge in [0.15, 0.2) is 5.78 Å². The molecule has 0 saturated heterocycles. The second kappa shape index (κ2) is 5.80. The number of benzene rings is 1. The average Bonchev–Trinajstić information content (AvgIpc) is 2.28. The highest BCUT2D eigenvalue weighted by Gasteiger charge is 2.13. The Bertz CT molecular complexity index is 369. The molecule has 1 rings (SSSR count). The molecule has 0 saturated carbocycles. The van der Waals surface area contributed by atoms with Crippen molar-refractivity contribution in [2.75, 3.05) is 13.6 Å². The van der Waals surface area contributed by atoms with E-state index in [1.165, 1.54) is 5.56 Å². The van der Waals surface area contributed by atoms with E-state index >= 15 is 0 Å². The van der Waals surface area contributed by atoms with Gasteiger partial charge in [0.1, 0.15) is 0 Å². The largest absolute Gasteiger partial charge is 0.313 e. The Balaban J connectivity index is 3.14. The maximum Gasteiger partial charge on any atom is 0.176 e. The van der Waals surface area contributed by atoms with E-state index in [1.807, 2.05) is 6.07 Å². The van der Waals surface area contributed by atoms with Crippen molar-refractivity contribution in [1.29, 1.82) is 0 Å². The summed E-state index contributed by atoms with van der Waals surface area (Å²) in [6, 6.07) is 6.24. The van der Waals surface area contributed by atoms with E-state index in [0.717, 1.165) is 17.5 Å². The predicted octanol–water partition coefficient (Wildman–Crippen LogP) is 2.77. The predicted molar refractivity (Wildman–Crippen MR) is 68.2 cm³/mol. The van der Waals surface area contributed by atoms with Crippen molar-refractivity contribution in [3.05, 3.63) is 34.9 Å². The lowest BCUT2D eigenvalue weighted by Crippen LogP contribution is -2.20. The monoisotopic (exact) mass is 219 g/mol. The van der Waals surface area contributed by atoms with Gasteiger partial charge in [0.2, 0.25) is 0 Å². The summed E-state index contributed by atoms with van der Waals surface area (Å²) in [4.78, 5) is 12.0. The zero-order valence-electron chi connectivity index (χ0n) is 10.6. The van der Waals surface area contributed by atoms with Gasteiger partial charge in [-0.15, -0.1) is 0 Å². The fraction of sp³-hybridized carbons (Fsp3) is 0.500. The lowest BCUT2D eigenvalue weighted by Gasteiger charge is -2.13. The summed E-state index contributed by atoms with van der Waals surface area (Å²) in [5, 5.41) is 2.92. The van der Waals surface area contributed by atoms with E-state index in [-0.39, 0.29) is 5.78 Å². The van der Waals surface area contributed by atoms with E-state index in [1.54, 1.807) is 7.05 Å². The smallest absolute Gasteiger partial charge is 0.176 e. The highest BCUT2D eigenvalue weighted by molar-refractivity contribution is 5.99. The number of carbonyl (C=O) groups excluding carboxylic acids is 1. The molecule has 0 unspecified atom stereocenters. The summed E-state index contributed by atoms with van der Waals surface area (Å²) in [5.41, 5.74) is 3.25. The Morgan fingerprint density at radius 2 is 2.06 bits per heavy atom. The summed E-state index contributed by atoms with van der Waals surface area (Å²) in [6.45, 7) is 6.76. The van der Waals surface area contributed by atoms with Crippen LogP contribution in [0.3, 0.4) is 0 Å². The topological polar surface area (TPSA) is 29.1 Å². The molecule has 1 aromatic rings. The number of ketones is 1. The molecular formula is C14H21NO. The molecule has 0 fully saturated rings. The van der Waals surface area contributed by atoms with Gasteiger partial charge in [0, 0.05) is 5.56 Å². The van der Waals surface area contributed by atoms with Crippen molar-refractivity contribution >= 4 is 5.78 Å². The van der Waals surface area contributed by atoms with Crippen LogP contribution in [-0.4, -0.2) is 19.4 Å². The molecule has 88 valence electrons. The van der Waals surface area contributed by atoms with Crippen LogP contribution in [0.4, 0.5) is 0 Å². The van der Waals surface area contributed by atoms with Crippen molar-refractivity contribution in [3.8, 4) is 0 Å². The van der Waals surface area contributed by atoms with Gasteiger partial charge < -0.3 is 5.32 Å². The van der Waals surface area contributed by atoms with Crippen molar-refractivity contribution in [3.63, 3.8) is 0 Å². The second-order valence-corrected chi connectivity index (χ2v) is 4.38. The van der Waals surface area contributed by atoms with Gasteiger partial charge in [-0.3, -0.25) is 4.79 Å². The van der Waals surface area contributed by atoms with E-state index in [2.05, 4.69) is 38.2 Å². The van der Waals surface area contributed by atoms with Gasteiger partial charge in [0.05, 0.1) is 6.54 Å². The summed E-state index contributed by atoms with van der Waals surface area (Å²) in [5.74, 6) is 0.572. The maximum absolute atomic E-state index is 12.0. The Kier molecular flexibility index (Phi) is 4.69. The molecule has 0 aliphatic heterocycles. The molecule has 1 aromatic carbocycles. The van der Waals surface area contributed by atoms with Gasteiger partial charge in [-0.1, -0.05) is 32.9 Å². The average molecular weight is 219 g/mol. The van der Waals surface area contributed by atoms with Crippen LogP contribution in [0.5, 0.6) is 0 Å². The summed E-state index contributed by atoms with van der Waals surface area (Å²) in [6.07, 6.45) is 0.970. The SMILES string of the molecule is CCc1ccc(C(C)C)c(C(=O)CNC)c1. The summed E-state index contributed by atoms with van der Waals surface area (Å²) < 4.78 is 0. The second-order valence-electron chi connectivity index (χ2n) is 4.38. The van der Waals surface area contributed by atoms with Gasteiger partial charge in [-0.25, -0.2) is 0 Å². The van der Waals surface area contributed by atoms with Crippen LogP contribution in [0.2, 0.25) is 0 Å². The first-order valence-electron chi connectivity index (χ1n) is 5.90. The molecule has 0 aliphatic rings. The molecule has 0 bridgehead atoms. The number of likely N-dealkylation sites (N-methyl/N-ethyl adjacent to an activating group) is 1. The number of aryl methyl sites for hydroxylation is 1. The molecule has 0 radical (unpaired) electrons. The third kappa shape index (κ3) is 2.92. The number of hydrogen-bond acceptors (Lipinski definition) is 2. The third-order valence-electron chi connectivity index (χ3n) is 2.79. The standard InChI is InChI=1S/C14H21NO/c1-5-11-6-7-12(10(2)3)13(8-11)14(16)9-15-4/h6-8,10,15H,5,9H2,1-4H3. The van der Waals surface area contributed by atoms with E-state index in [4.69, 9.17) is 0 Å². The summed E-state index contributed by atoms with van der Waals surface area (Å²) >= 11 is 0. The normalized spacial score (nSPS) is 10.8. The van der Waals surface area contributed by atoms with Crippen LogP contribution in [0, 0.1) is 0 Å². The van der Waals surface area contributed by atoms with Crippen LogP contribution in [0.15, 0.2) is 18.2 Å². The molecule has 0 amide bonds. The van der Waals surface area contributed by atoms with Gasteiger partial charge in [-0.2, -0.15) is 0 Å². The fourth-order valence-electron chi connectivity index (χ4n) is 1.82. The minimum atomic E-state index is 0.182. The van der Waals surface area contributed by atoms with Crippen molar-refractivity contribution in [1.82, 2.24) is 5.32 Å². The molecule has 0 spiro atoms. The number of carbonyl (C=O) groups is 1. The zero-order chi connectivity index (χ0) is 12.1. The van der Waals surface area contributed by atoms with E-state index in [0.29, 0.717) is 12.5 Å². The number of hydrogen-bond donors (Lipinski definition) is 1. The van der Waals surface area contributed by atoms with Crippen LogP contribution in [0.1, 0.15) is 48.2 Å². The fourth-order valence-corrected chi connectivity index (χ4v) is 1.82. The number of Topliss-reactive ketones (excluding diaryl/α,β-unsaturated/α-hetero) is 1. The molecule has 0 aliphatic carbocycles. The third-order valence-corrected chi connectivity index (χ3v) is 2.79. The highest BCUT2D eigenvalue weighted by Crippen LogP contribution is 2.21. The van der Waals surface area contributed by atoms with Gasteiger partial charge >= 0.3 is 0 Å². The number of nitrogens with one attached hydrogen (secondary N) is 1. The number of rotatable bonds is 5. The van der Waals surface area contributed by atoms with Crippen LogP contribution in [0.25, 0.3) is 0 Å².